The van der Waals surface area contributed by atoms with E-state index in [0.717, 1.165) is 17.9 Å². The number of fused-ring (bicyclic) bond motifs is 3. The van der Waals surface area contributed by atoms with Gasteiger partial charge in [0.25, 0.3) is 5.82 Å². The van der Waals surface area contributed by atoms with E-state index in [0.29, 0.717) is 23.1 Å². The van der Waals surface area contributed by atoms with Crippen molar-refractivity contribution in [2.75, 3.05) is 6.61 Å². The van der Waals surface area contributed by atoms with E-state index in [1.165, 1.54) is 0 Å². The van der Waals surface area contributed by atoms with Crippen molar-refractivity contribution in [2.45, 2.75) is 24.9 Å². The van der Waals surface area contributed by atoms with Gasteiger partial charge in [-0.25, -0.2) is 9.13 Å². The normalized spacial score (nSPS) is 27.5. The number of hydrogen-bond donors (Lipinski definition) is 0. The van der Waals surface area contributed by atoms with Gasteiger partial charge in [0.2, 0.25) is 5.79 Å². The van der Waals surface area contributed by atoms with Crippen LogP contribution >= 0.6 is 23.2 Å². The molecule has 21 heavy (non-hydrogen) atoms. The molecule has 2 bridgehead atoms. The Bertz CT molecular complexity index is 716. The SMILES string of the molecule is C[n+]1ccn2c1C[C@@]1(c3ccc(Cl)cc3Cl)OC[C@@H](C2)O1. The Labute approximate surface area is 132 Å². The molecule has 4 rings (SSSR count). The minimum Gasteiger partial charge on any atom is -0.342 e. The van der Waals surface area contributed by atoms with Gasteiger partial charge in [0, 0.05) is 10.6 Å². The Kier molecular flexibility index (Phi) is 3.05. The molecule has 110 valence electrons. The summed E-state index contributed by atoms with van der Waals surface area (Å²) in [6, 6.07) is 5.45. The third kappa shape index (κ3) is 2.09. The second-order valence-corrected chi connectivity index (χ2v) is 6.43. The first-order chi connectivity index (χ1) is 10.1. The molecule has 1 saturated heterocycles. The summed E-state index contributed by atoms with van der Waals surface area (Å²) in [5.41, 5.74) is 0.839. The van der Waals surface area contributed by atoms with Crippen molar-refractivity contribution in [1.29, 1.82) is 0 Å². The Balaban J connectivity index is 1.85. The minimum absolute atomic E-state index is 0.0328. The van der Waals surface area contributed by atoms with E-state index in [1.807, 2.05) is 19.2 Å². The topological polar surface area (TPSA) is 27.3 Å². The molecule has 6 heteroatoms. The molecule has 1 aromatic carbocycles. The first kappa shape index (κ1) is 13.6. The van der Waals surface area contributed by atoms with Crippen LogP contribution in [0.3, 0.4) is 0 Å². The maximum atomic E-state index is 6.39. The highest BCUT2D eigenvalue weighted by Gasteiger charge is 2.50. The lowest BCUT2D eigenvalue weighted by atomic mass is 10.0. The fourth-order valence-electron chi connectivity index (χ4n) is 3.16. The fraction of sp³-hybridized carbons (Fsp3) is 0.400. The van der Waals surface area contributed by atoms with Crippen molar-refractivity contribution < 1.29 is 14.0 Å². The van der Waals surface area contributed by atoms with Gasteiger partial charge in [0.1, 0.15) is 31.5 Å². The van der Waals surface area contributed by atoms with Crippen LogP contribution in [0.25, 0.3) is 0 Å². The van der Waals surface area contributed by atoms with Crippen molar-refractivity contribution >= 4 is 23.2 Å². The molecule has 2 aliphatic heterocycles. The summed E-state index contributed by atoms with van der Waals surface area (Å²) in [5.74, 6) is 0.333. The Hall–Kier alpha value is -1.07. The molecule has 0 saturated carbocycles. The molecule has 3 heterocycles. The van der Waals surface area contributed by atoms with Crippen molar-refractivity contribution in [1.82, 2.24) is 4.57 Å². The molecule has 0 radical (unpaired) electrons. The van der Waals surface area contributed by atoms with Crippen LogP contribution in [0.1, 0.15) is 11.4 Å². The lowest BCUT2D eigenvalue weighted by Gasteiger charge is -2.27. The first-order valence-electron chi connectivity index (χ1n) is 6.88. The third-order valence-corrected chi connectivity index (χ3v) is 4.75. The molecular weight excluding hydrogens is 311 g/mol. The molecule has 0 aliphatic carbocycles. The van der Waals surface area contributed by atoms with E-state index >= 15 is 0 Å². The van der Waals surface area contributed by atoms with Crippen molar-refractivity contribution in [3.05, 3.63) is 52.0 Å². The number of nitrogens with zero attached hydrogens (tertiary/aromatic N) is 2. The summed E-state index contributed by atoms with van der Waals surface area (Å²) >= 11 is 12.4. The van der Waals surface area contributed by atoms with Gasteiger partial charge in [-0.15, -0.1) is 0 Å². The zero-order valence-electron chi connectivity index (χ0n) is 11.6. The summed E-state index contributed by atoms with van der Waals surface area (Å²) < 4.78 is 16.6. The molecule has 0 unspecified atom stereocenters. The number of ether oxygens (including phenoxy) is 2. The second kappa shape index (κ2) is 4.71. The zero-order chi connectivity index (χ0) is 14.6. The molecule has 1 aromatic heterocycles. The first-order valence-corrected chi connectivity index (χ1v) is 7.64. The maximum Gasteiger partial charge on any atom is 0.262 e. The molecule has 0 N–H and O–H groups in total. The highest BCUT2D eigenvalue weighted by atomic mass is 35.5. The van der Waals surface area contributed by atoms with Crippen LogP contribution in [0.2, 0.25) is 10.0 Å². The molecule has 0 spiro atoms. The number of benzene rings is 1. The standard InChI is InChI=1S/C15H15Cl2N2O2/c1-18-4-5-19-8-11-9-20-15(21-11,7-14(18)19)12-3-2-10(16)6-13(12)17/h2-6,11H,7-9H2,1H3/q+1/t11-,15-/m1/s1. The van der Waals surface area contributed by atoms with E-state index in [2.05, 4.69) is 21.5 Å². The average Bonchev–Trinajstić information content (AvgIpc) is 2.91. The Morgan fingerprint density at radius 3 is 3.05 bits per heavy atom. The Morgan fingerprint density at radius 1 is 1.38 bits per heavy atom. The van der Waals surface area contributed by atoms with Crippen LogP contribution in [-0.2, 0) is 35.3 Å². The fourth-order valence-corrected chi connectivity index (χ4v) is 3.71. The van der Waals surface area contributed by atoms with E-state index in [-0.39, 0.29) is 6.10 Å². The Morgan fingerprint density at radius 2 is 2.24 bits per heavy atom. The van der Waals surface area contributed by atoms with E-state index in [4.69, 9.17) is 32.7 Å². The largest absolute Gasteiger partial charge is 0.342 e. The smallest absolute Gasteiger partial charge is 0.262 e. The minimum atomic E-state index is -0.823. The predicted octanol–water partition coefficient (Wildman–Crippen LogP) is 2.44. The summed E-state index contributed by atoms with van der Waals surface area (Å²) in [4.78, 5) is 0. The van der Waals surface area contributed by atoms with Crippen molar-refractivity contribution in [3.63, 3.8) is 0 Å². The summed E-state index contributed by atoms with van der Waals surface area (Å²) in [6.45, 7) is 1.36. The molecule has 2 aromatic rings. The van der Waals surface area contributed by atoms with Crippen molar-refractivity contribution in [2.24, 2.45) is 7.05 Å². The van der Waals surface area contributed by atoms with Crippen LogP contribution in [-0.4, -0.2) is 17.3 Å². The summed E-state index contributed by atoms with van der Waals surface area (Å²) in [6.07, 6.45) is 4.78. The van der Waals surface area contributed by atoms with Crippen molar-refractivity contribution in [3.8, 4) is 0 Å². The monoisotopic (exact) mass is 325 g/mol. The lowest BCUT2D eigenvalue weighted by molar-refractivity contribution is -0.680. The highest BCUT2D eigenvalue weighted by molar-refractivity contribution is 6.35. The van der Waals surface area contributed by atoms with Gasteiger partial charge in [-0.1, -0.05) is 29.3 Å². The van der Waals surface area contributed by atoms with Gasteiger partial charge in [0.05, 0.1) is 18.7 Å². The van der Waals surface area contributed by atoms with Gasteiger partial charge in [-0.3, -0.25) is 0 Å². The molecular formula is C15H15Cl2N2O2+. The van der Waals surface area contributed by atoms with E-state index in [9.17, 15) is 0 Å². The van der Waals surface area contributed by atoms with Gasteiger partial charge >= 0.3 is 0 Å². The number of halogens is 2. The van der Waals surface area contributed by atoms with Gasteiger partial charge < -0.3 is 9.47 Å². The van der Waals surface area contributed by atoms with Gasteiger partial charge in [-0.2, -0.15) is 0 Å². The lowest BCUT2D eigenvalue weighted by Crippen LogP contribution is -2.39. The second-order valence-electron chi connectivity index (χ2n) is 5.58. The number of aryl methyl sites for hydroxylation is 1. The van der Waals surface area contributed by atoms with Crippen LogP contribution in [0.4, 0.5) is 0 Å². The zero-order valence-corrected chi connectivity index (χ0v) is 13.1. The molecule has 4 nitrogen and oxygen atoms in total. The number of aromatic nitrogens is 2. The molecule has 2 aliphatic rings. The van der Waals surface area contributed by atoms with Crippen LogP contribution in [0.15, 0.2) is 30.6 Å². The van der Waals surface area contributed by atoms with E-state index in [1.54, 1.807) is 6.07 Å². The number of imidazole rings is 1. The maximum absolute atomic E-state index is 6.39. The third-order valence-electron chi connectivity index (χ3n) is 4.20. The number of hydrogen-bond acceptors (Lipinski definition) is 2. The molecule has 2 atom stereocenters. The van der Waals surface area contributed by atoms with Crippen LogP contribution in [0, 0.1) is 0 Å². The van der Waals surface area contributed by atoms with Crippen LogP contribution in [0.5, 0.6) is 0 Å². The molecule has 0 amide bonds. The molecule has 1 fully saturated rings. The predicted molar refractivity (Wildman–Crippen MR) is 78.3 cm³/mol. The van der Waals surface area contributed by atoms with Crippen LogP contribution < -0.4 is 4.57 Å². The number of rotatable bonds is 1. The summed E-state index contributed by atoms with van der Waals surface area (Å²) in [7, 11) is 2.03. The van der Waals surface area contributed by atoms with Gasteiger partial charge in [-0.05, 0) is 12.1 Å². The summed E-state index contributed by atoms with van der Waals surface area (Å²) in [5, 5.41) is 1.18. The highest BCUT2D eigenvalue weighted by Crippen LogP contribution is 2.42. The van der Waals surface area contributed by atoms with Gasteiger partial charge in [0.15, 0.2) is 0 Å². The van der Waals surface area contributed by atoms with E-state index < -0.39 is 5.79 Å². The quantitative estimate of drug-likeness (QED) is 0.753. The average molecular weight is 326 g/mol.